The van der Waals surface area contributed by atoms with Crippen molar-refractivity contribution in [3.63, 3.8) is 0 Å². The summed E-state index contributed by atoms with van der Waals surface area (Å²) in [6, 6.07) is -0.443. The number of amides is 3. The van der Waals surface area contributed by atoms with Crippen molar-refractivity contribution in [2.45, 2.75) is 31.7 Å². The molecule has 3 N–H and O–H groups in total. The molecule has 0 aromatic rings. The fraction of sp³-hybridized carbons (Fsp3) is 0.769. The van der Waals surface area contributed by atoms with Gasteiger partial charge in [-0.2, -0.15) is 0 Å². The van der Waals surface area contributed by atoms with Crippen molar-refractivity contribution in [2.24, 2.45) is 0 Å². The zero-order valence-corrected chi connectivity index (χ0v) is 12.5. The fourth-order valence-corrected chi connectivity index (χ4v) is 2.27. The van der Waals surface area contributed by atoms with Crippen LogP contribution in [-0.4, -0.2) is 66.8 Å². The molecule has 0 spiro atoms. The van der Waals surface area contributed by atoms with Crippen LogP contribution in [0.5, 0.6) is 0 Å². The molecule has 120 valence electrons. The van der Waals surface area contributed by atoms with Gasteiger partial charge in [0.25, 0.3) is 0 Å². The summed E-state index contributed by atoms with van der Waals surface area (Å²) in [6.07, 6.45) is 1.24. The van der Waals surface area contributed by atoms with E-state index in [1.807, 2.05) is 0 Å². The third-order valence-electron chi connectivity index (χ3n) is 3.60. The number of rotatable bonds is 7. The first-order chi connectivity index (χ1) is 9.91. The van der Waals surface area contributed by atoms with Gasteiger partial charge in [-0.15, -0.1) is 0 Å². The maximum atomic E-state index is 12.0. The number of urea groups is 1. The summed E-state index contributed by atoms with van der Waals surface area (Å²) in [6.45, 7) is 2.98. The predicted molar refractivity (Wildman–Crippen MR) is 74.9 cm³/mol. The molecule has 1 aliphatic rings. The van der Waals surface area contributed by atoms with E-state index >= 15 is 0 Å². The summed E-state index contributed by atoms with van der Waals surface area (Å²) in [5, 5.41) is 14.5. The highest BCUT2D eigenvalue weighted by Crippen LogP contribution is 2.29. The van der Waals surface area contributed by atoms with Crippen LogP contribution in [0.1, 0.15) is 26.2 Å². The van der Waals surface area contributed by atoms with Gasteiger partial charge in [-0.1, -0.05) is 0 Å². The van der Waals surface area contributed by atoms with Gasteiger partial charge in [-0.25, -0.2) is 9.59 Å². The smallest absolute Gasteiger partial charge is 0.329 e. The van der Waals surface area contributed by atoms with Crippen LogP contribution in [0.2, 0.25) is 0 Å². The largest absolute Gasteiger partial charge is 0.480 e. The topological polar surface area (TPSA) is 108 Å². The minimum atomic E-state index is -1.16. The molecule has 1 aliphatic heterocycles. The number of nitrogens with zero attached hydrogens (tertiary/aromatic N) is 1. The molecule has 1 rings (SSSR count). The lowest BCUT2D eigenvalue weighted by atomic mass is 10.00. The third-order valence-corrected chi connectivity index (χ3v) is 3.60. The number of nitrogens with one attached hydrogen (secondary N) is 2. The molecule has 0 aromatic heterocycles. The van der Waals surface area contributed by atoms with Gasteiger partial charge < -0.3 is 25.4 Å². The van der Waals surface area contributed by atoms with Gasteiger partial charge in [0, 0.05) is 33.2 Å². The standard InChI is InChI=1S/C13H23N3O5/c1-13(11(18)19)5-3-8-16(13)12(20)15-6-4-10(17)14-7-9-21-2/h3-9H2,1-2H3,(H,14,17)(H,15,20)(H,18,19). The quantitative estimate of drug-likeness (QED) is 0.564. The Balaban J connectivity index is 2.34. The number of carbonyl (C=O) groups is 3. The Labute approximate surface area is 123 Å². The van der Waals surface area contributed by atoms with Crippen LogP contribution in [0.25, 0.3) is 0 Å². The molecule has 0 aliphatic carbocycles. The van der Waals surface area contributed by atoms with Gasteiger partial charge in [0.1, 0.15) is 5.54 Å². The van der Waals surface area contributed by atoms with Crippen LogP contribution >= 0.6 is 0 Å². The van der Waals surface area contributed by atoms with E-state index in [0.29, 0.717) is 32.5 Å². The van der Waals surface area contributed by atoms with E-state index in [9.17, 15) is 19.5 Å². The molecule has 0 radical (unpaired) electrons. The molecule has 1 saturated heterocycles. The lowest BCUT2D eigenvalue weighted by molar-refractivity contribution is -0.147. The Morgan fingerprint density at radius 2 is 2.00 bits per heavy atom. The molecular formula is C13H23N3O5. The monoisotopic (exact) mass is 301 g/mol. The molecule has 0 bridgehead atoms. The van der Waals surface area contributed by atoms with Crippen molar-refractivity contribution in [2.75, 3.05) is 33.4 Å². The maximum absolute atomic E-state index is 12.0. The number of ether oxygens (including phenoxy) is 1. The molecule has 8 nitrogen and oxygen atoms in total. The van der Waals surface area contributed by atoms with Gasteiger partial charge in [-0.05, 0) is 19.8 Å². The minimum Gasteiger partial charge on any atom is -0.480 e. The van der Waals surface area contributed by atoms with Gasteiger partial charge >= 0.3 is 12.0 Å². The first kappa shape index (κ1) is 17.2. The van der Waals surface area contributed by atoms with Crippen molar-refractivity contribution in [1.29, 1.82) is 0 Å². The fourth-order valence-electron chi connectivity index (χ4n) is 2.27. The Morgan fingerprint density at radius 1 is 1.29 bits per heavy atom. The van der Waals surface area contributed by atoms with E-state index in [-0.39, 0.29) is 18.9 Å². The van der Waals surface area contributed by atoms with Crippen molar-refractivity contribution in [3.05, 3.63) is 0 Å². The van der Waals surface area contributed by atoms with E-state index in [0.717, 1.165) is 0 Å². The molecule has 3 amide bonds. The number of carboxylic acids is 1. The molecule has 1 heterocycles. The van der Waals surface area contributed by atoms with E-state index in [1.165, 1.54) is 4.90 Å². The summed E-state index contributed by atoms with van der Waals surface area (Å²) >= 11 is 0. The number of hydrogen-bond donors (Lipinski definition) is 3. The van der Waals surface area contributed by atoms with Gasteiger partial charge in [0.15, 0.2) is 0 Å². The second-order valence-corrected chi connectivity index (χ2v) is 5.16. The molecule has 1 fully saturated rings. The summed E-state index contributed by atoms with van der Waals surface area (Å²) in [5.41, 5.74) is -1.16. The highest BCUT2D eigenvalue weighted by molar-refractivity contribution is 5.87. The molecule has 21 heavy (non-hydrogen) atoms. The second kappa shape index (κ2) is 7.82. The number of aliphatic carboxylic acids is 1. The van der Waals surface area contributed by atoms with Crippen LogP contribution in [-0.2, 0) is 14.3 Å². The average molecular weight is 301 g/mol. The molecule has 8 heteroatoms. The van der Waals surface area contributed by atoms with Crippen LogP contribution in [0.4, 0.5) is 4.79 Å². The van der Waals surface area contributed by atoms with Gasteiger partial charge in [-0.3, -0.25) is 4.79 Å². The Hall–Kier alpha value is -1.83. The van der Waals surface area contributed by atoms with Crippen LogP contribution in [0, 0.1) is 0 Å². The zero-order valence-electron chi connectivity index (χ0n) is 12.5. The second-order valence-electron chi connectivity index (χ2n) is 5.16. The van der Waals surface area contributed by atoms with Crippen molar-refractivity contribution in [3.8, 4) is 0 Å². The Bertz CT molecular complexity index is 401. The number of carboxylic acid groups (broad SMARTS) is 1. The van der Waals surface area contributed by atoms with Crippen molar-refractivity contribution < 1.29 is 24.2 Å². The molecule has 1 atom stereocenters. The lowest BCUT2D eigenvalue weighted by Gasteiger charge is -2.31. The van der Waals surface area contributed by atoms with Gasteiger partial charge in [0.2, 0.25) is 5.91 Å². The van der Waals surface area contributed by atoms with Gasteiger partial charge in [0.05, 0.1) is 6.61 Å². The third kappa shape index (κ3) is 4.59. The normalized spacial score (nSPS) is 21.1. The van der Waals surface area contributed by atoms with Crippen LogP contribution in [0.3, 0.4) is 0 Å². The zero-order chi connectivity index (χ0) is 15.9. The number of carbonyl (C=O) groups excluding carboxylic acids is 2. The lowest BCUT2D eigenvalue weighted by Crippen LogP contribution is -2.54. The SMILES string of the molecule is COCCNC(=O)CCNC(=O)N1CCCC1(C)C(=O)O. The van der Waals surface area contributed by atoms with E-state index in [2.05, 4.69) is 10.6 Å². The summed E-state index contributed by atoms with van der Waals surface area (Å²) in [4.78, 5) is 36.0. The van der Waals surface area contributed by atoms with E-state index < -0.39 is 17.5 Å². The first-order valence-electron chi connectivity index (χ1n) is 6.96. The molecule has 0 saturated carbocycles. The van der Waals surface area contributed by atoms with Crippen LogP contribution in [0.15, 0.2) is 0 Å². The summed E-state index contributed by atoms with van der Waals surface area (Å²) in [5.74, 6) is -1.19. The highest BCUT2D eigenvalue weighted by atomic mass is 16.5. The van der Waals surface area contributed by atoms with Crippen molar-refractivity contribution >= 4 is 17.9 Å². The van der Waals surface area contributed by atoms with E-state index in [1.54, 1.807) is 14.0 Å². The van der Waals surface area contributed by atoms with E-state index in [4.69, 9.17) is 4.74 Å². The minimum absolute atomic E-state index is 0.146. The summed E-state index contributed by atoms with van der Waals surface area (Å²) in [7, 11) is 1.54. The molecule has 1 unspecified atom stereocenters. The highest BCUT2D eigenvalue weighted by Gasteiger charge is 2.45. The molecular weight excluding hydrogens is 278 g/mol. The summed E-state index contributed by atoms with van der Waals surface area (Å²) < 4.78 is 4.80. The number of methoxy groups -OCH3 is 1. The maximum Gasteiger partial charge on any atom is 0.329 e. The molecule has 0 aromatic carbocycles. The first-order valence-corrected chi connectivity index (χ1v) is 6.96. The van der Waals surface area contributed by atoms with Crippen LogP contribution < -0.4 is 10.6 Å². The predicted octanol–water partition coefficient (Wildman–Crippen LogP) is -0.212. The number of hydrogen-bond acceptors (Lipinski definition) is 4. The Morgan fingerprint density at radius 3 is 2.62 bits per heavy atom. The van der Waals surface area contributed by atoms with Crippen molar-refractivity contribution in [1.82, 2.24) is 15.5 Å². The number of likely N-dealkylation sites (tertiary alicyclic amines) is 1. The Kier molecular flexibility index (Phi) is 6.41. The average Bonchev–Trinajstić information content (AvgIpc) is 2.82.